The second-order valence-corrected chi connectivity index (χ2v) is 8.17. The van der Waals surface area contributed by atoms with Gasteiger partial charge in [0.25, 0.3) is 0 Å². The largest absolute Gasteiger partial charge is 0.481 e. The van der Waals surface area contributed by atoms with Crippen LogP contribution in [0.15, 0.2) is 0 Å². The molecule has 144 valence electrons. The first kappa shape index (κ1) is 20.0. The highest BCUT2D eigenvalue weighted by Crippen LogP contribution is 2.24. The Bertz CT molecular complexity index is 448. The van der Waals surface area contributed by atoms with Crippen molar-refractivity contribution in [1.29, 1.82) is 0 Å². The number of piperazine rings is 1. The van der Waals surface area contributed by atoms with E-state index in [1.54, 1.807) is 0 Å². The number of rotatable bonds is 5. The molecule has 0 bridgehead atoms. The van der Waals surface area contributed by atoms with Crippen molar-refractivity contribution < 1.29 is 19.4 Å². The van der Waals surface area contributed by atoms with E-state index in [4.69, 9.17) is 9.84 Å². The fraction of sp³-hybridized carbons (Fsp3) is 0.889. The number of alkyl carbamates (subject to hydrolysis) is 1. The quantitative estimate of drug-likeness (QED) is 0.784. The van der Waals surface area contributed by atoms with Crippen LogP contribution in [0.2, 0.25) is 0 Å². The minimum Gasteiger partial charge on any atom is -0.481 e. The van der Waals surface area contributed by atoms with Crippen molar-refractivity contribution in [2.45, 2.75) is 70.6 Å². The average Bonchev–Trinajstić information content (AvgIpc) is 2.52. The van der Waals surface area contributed by atoms with E-state index in [2.05, 4.69) is 15.1 Å². The first-order valence-corrected chi connectivity index (χ1v) is 9.40. The number of carboxylic acids is 1. The predicted octanol–water partition coefficient (Wildman–Crippen LogP) is 1.91. The van der Waals surface area contributed by atoms with Crippen LogP contribution in [0.3, 0.4) is 0 Å². The van der Waals surface area contributed by atoms with E-state index >= 15 is 0 Å². The molecule has 7 nitrogen and oxygen atoms in total. The SMILES string of the molecule is CC(C)(C)OC(=O)NC1CCC(N2CCN(CCC(=O)O)CC2)CC1. The van der Waals surface area contributed by atoms with Gasteiger partial charge in [0.2, 0.25) is 0 Å². The molecule has 1 aliphatic carbocycles. The number of aliphatic carboxylic acids is 1. The van der Waals surface area contributed by atoms with Gasteiger partial charge in [-0.3, -0.25) is 9.69 Å². The number of amides is 1. The van der Waals surface area contributed by atoms with Gasteiger partial charge in [-0.1, -0.05) is 0 Å². The second-order valence-electron chi connectivity index (χ2n) is 8.17. The molecule has 0 aromatic rings. The van der Waals surface area contributed by atoms with Gasteiger partial charge < -0.3 is 20.1 Å². The molecule has 1 saturated carbocycles. The standard InChI is InChI=1S/C18H33N3O4/c1-18(2,3)25-17(24)19-14-4-6-15(7-5-14)21-12-10-20(11-13-21)9-8-16(22)23/h14-15H,4-13H2,1-3H3,(H,19,24)(H,22,23). The third-order valence-corrected chi connectivity index (χ3v) is 4.98. The van der Waals surface area contributed by atoms with E-state index in [1.807, 2.05) is 20.8 Å². The van der Waals surface area contributed by atoms with Gasteiger partial charge in [-0.2, -0.15) is 0 Å². The Kier molecular flexibility index (Phi) is 7.07. The van der Waals surface area contributed by atoms with Gasteiger partial charge in [-0.15, -0.1) is 0 Å². The number of ether oxygens (including phenoxy) is 1. The summed E-state index contributed by atoms with van der Waals surface area (Å²) in [5, 5.41) is 11.8. The summed E-state index contributed by atoms with van der Waals surface area (Å²) in [6.45, 7) is 10.2. The van der Waals surface area contributed by atoms with Crippen LogP contribution in [0.1, 0.15) is 52.9 Å². The lowest BCUT2D eigenvalue weighted by molar-refractivity contribution is -0.137. The maximum atomic E-state index is 11.9. The van der Waals surface area contributed by atoms with Gasteiger partial charge >= 0.3 is 12.1 Å². The van der Waals surface area contributed by atoms with E-state index in [0.717, 1.165) is 51.9 Å². The Morgan fingerprint density at radius 1 is 1.08 bits per heavy atom. The molecule has 2 fully saturated rings. The molecule has 1 heterocycles. The topological polar surface area (TPSA) is 82.1 Å². The van der Waals surface area contributed by atoms with Crippen LogP contribution in [-0.4, -0.2) is 77.4 Å². The normalized spacial score (nSPS) is 26.2. The zero-order chi connectivity index (χ0) is 18.4. The Balaban J connectivity index is 1.65. The van der Waals surface area contributed by atoms with Crippen molar-refractivity contribution in [3.8, 4) is 0 Å². The van der Waals surface area contributed by atoms with Crippen LogP contribution in [0.5, 0.6) is 0 Å². The highest BCUT2D eigenvalue weighted by atomic mass is 16.6. The maximum absolute atomic E-state index is 11.9. The van der Waals surface area contributed by atoms with Crippen LogP contribution in [0.25, 0.3) is 0 Å². The van der Waals surface area contributed by atoms with E-state index in [9.17, 15) is 9.59 Å². The van der Waals surface area contributed by atoms with Crippen molar-refractivity contribution in [3.63, 3.8) is 0 Å². The van der Waals surface area contributed by atoms with E-state index < -0.39 is 11.6 Å². The predicted molar refractivity (Wildman–Crippen MR) is 95.7 cm³/mol. The molecule has 1 saturated heterocycles. The lowest BCUT2D eigenvalue weighted by Gasteiger charge is -2.42. The summed E-state index contributed by atoms with van der Waals surface area (Å²) in [7, 11) is 0. The third kappa shape index (κ3) is 7.20. The molecule has 0 aromatic heterocycles. The lowest BCUT2D eigenvalue weighted by atomic mass is 9.90. The smallest absolute Gasteiger partial charge is 0.407 e. The average molecular weight is 355 g/mol. The van der Waals surface area contributed by atoms with Gasteiger partial charge in [0.1, 0.15) is 5.60 Å². The summed E-state index contributed by atoms with van der Waals surface area (Å²) in [6.07, 6.45) is 4.07. The van der Waals surface area contributed by atoms with Crippen LogP contribution in [-0.2, 0) is 9.53 Å². The third-order valence-electron chi connectivity index (χ3n) is 4.98. The Morgan fingerprint density at radius 2 is 1.68 bits per heavy atom. The van der Waals surface area contributed by atoms with Gasteiger partial charge in [0, 0.05) is 44.8 Å². The van der Waals surface area contributed by atoms with E-state index in [-0.39, 0.29) is 18.6 Å². The lowest BCUT2D eigenvalue weighted by Crippen LogP contribution is -2.52. The Labute approximate surface area is 150 Å². The molecule has 7 heteroatoms. The number of hydrogen-bond acceptors (Lipinski definition) is 5. The molecule has 25 heavy (non-hydrogen) atoms. The Hall–Kier alpha value is -1.34. The minimum atomic E-state index is -0.724. The maximum Gasteiger partial charge on any atom is 0.407 e. The molecule has 0 atom stereocenters. The first-order valence-electron chi connectivity index (χ1n) is 9.40. The van der Waals surface area contributed by atoms with Crippen LogP contribution in [0.4, 0.5) is 4.79 Å². The molecular weight excluding hydrogens is 322 g/mol. The summed E-state index contributed by atoms with van der Waals surface area (Å²) >= 11 is 0. The van der Waals surface area contributed by atoms with Crippen molar-refractivity contribution in [2.75, 3.05) is 32.7 Å². The van der Waals surface area contributed by atoms with Gasteiger partial charge in [-0.05, 0) is 46.5 Å². The molecule has 1 aliphatic heterocycles. The zero-order valence-corrected chi connectivity index (χ0v) is 15.8. The summed E-state index contributed by atoms with van der Waals surface area (Å²) in [5.74, 6) is -0.724. The summed E-state index contributed by atoms with van der Waals surface area (Å²) < 4.78 is 5.33. The van der Waals surface area contributed by atoms with E-state index in [0.29, 0.717) is 12.6 Å². The monoisotopic (exact) mass is 355 g/mol. The summed E-state index contributed by atoms with van der Waals surface area (Å²) in [4.78, 5) is 27.3. The number of hydrogen-bond donors (Lipinski definition) is 2. The second kappa shape index (κ2) is 8.85. The number of carbonyl (C=O) groups excluding carboxylic acids is 1. The van der Waals surface area contributed by atoms with Gasteiger partial charge in [-0.25, -0.2) is 4.79 Å². The molecule has 2 rings (SSSR count). The van der Waals surface area contributed by atoms with E-state index in [1.165, 1.54) is 0 Å². The molecule has 0 unspecified atom stereocenters. The van der Waals surface area contributed by atoms with Crippen molar-refractivity contribution >= 4 is 12.1 Å². The molecule has 0 spiro atoms. The van der Waals surface area contributed by atoms with Crippen LogP contribution in [0, 0.1) is 0 Å². The van der Waals surface area contributed by atoms with Gasteiger partial charge in [0.15, 0.2) is 0 Å². The number of nitrogens with one attached hydrogen (secondary N) is 1. The molecule has 0 aromatic carbocycles. The summed E-state index contributed by atoms with van der Waals surface area (Å²) in [6, 6.07) is 0.793. The first-order chi connectivity index (χ1) is 11.7. The fourth-order valence-corrected chi connectivity index (χ4v) is 3.67. The number of nitrogens with zero attached hydrogens (tertiary/aromatic N) is 2. The number of carboxylic acid groups (broad SMARTS) is 1. The molecule has 0 radical (unpaired) electrons. The molecular formula is C18H33N3O4. The minimum absolute atomic E-state index is 0.211. The van der Waals surface area contributed by atoms with Crippen LogP contribution >= 0.6 is 0 Å². The highest BCUT2D eigenvalue weighted by molar-refractivity contribution is 5.68. The van der Waals surface area contributed by atoms with Gasteiger partial charge in [0.05, 0.1) is 6.42 Å². The highest BCUT2D eigenvalue weighted by Gasteiger charge is 2.29. The number of carbonyl (C=O) groups is 2. The van der Waals surface area contributed by atoms with Crippen molar-refractivity contribution in [3.05, 3.63) is 0 Å². The molecule has 2 aliphatic rings. The summed E-state index contributed by atoms with van der Waals surface area (Å²) in [5.41, 5.74) is -0.457. The van der Waals surface area contributed by atoms with Crippen LogP contribution < -0.4 is 5.32 Å². The molecule has 2 N–H and O–H groups in total. The Morgan fingerprint density at radius 3 is 2.20 bits per heavy atom. The fourth-order valence-electron chi connectivity index (χ4n) is 3.67. The van der Waals surface area contributed by atoms with Crippen molar-refractivity contribution in [2.24, 2.45) is 0 Å². The van der Waals surface area contributed by atoms with Crippen molar-refractivity contribution in [1.82, 2.24) is 15.1 Å². The zero-order valence-electron chi connectivity index (χ0n) is 15.8. The molecule has 1 amide bonds.